The number of nitrogens with one attached hydrogen (secondary N) is 1. The van der Waals surface area contributed by atoms with Gasteiger partial charge in [-0.15, -0.1) is 21.5 Å². The maximum Gasteiger partial charge on any atom is 0.271 e. The molecule has 0 atom stereocenters. The Hall–Kier alpha value is -1.90. The summed E-state index contributed by atoms with van der Waals surface area (Å²) in [5.41, 5.74) is 1.24. The summed E-state index contributed by atoms with van der Waals surface area (Å²) >= 11 is 7.02. The van der Waals surface area contributed by atoms with Gasteiger partial charge in [0, 0.05) is 10.9 Å². The number of nitrogens with zero attached hydrogens (tertiary/aromatic N) is 2. The van der Waals surface area contributed by atoms with Gasteiger partial charge < -0.3 is 4.42 Å². The Morgan fingerprint density at radius 3 is 2.73 bits per heavy atom. The van der Waals surface area contributed by atoms with Gasteiger partial charge in [-0.25, -0.2) is 8.42 Å². The van der Waals surface area contributed by atoms with E-state index in [4.69, 9.17) is 16.0 Å². The molecule has 6 nitrogen and oxygen atoms in total. The molecule has 0 radical (unpaired) electrons. The molecular formula is C17H16ClN3O3S2. The van der Waals surface area contributed by atoms with E-state index in [1.807, 2.05) is 0 Å². The first-order chi connectivity index (χ1) is 12.4. The summed E-state index contributed by atoms with van der Waals surface area (Å²) in [5.74, 6) is 1.34. The normalized spacial score (nSPS) is 15.0. The highest BCUT2D eigenvalue weighted by atomic mass is 35.5. The van der Waals surface area contributed by atoms with Gasteiger partial charge in [0.25, 0.3) is 15.9 Å². The standard InChI is InChI=1S/C17H16ClN3O3S2/c1-10-9-12(18)5-6-13(10)21-26(22,23)15-8-7-14(25-15)17-20-19-16(24-17)11-3-2-4-11/h5-9,11,21H,2-4H2,1H3. The van der Waals surface area contributed by atoms with Gasteiger partial charge in [0.2, 0.25) is 5.89 Å². The SMILES string of the molecule is Cc1cc(Cl)ccc1NS(=O)(=O)c1ccc(-c2nnc(C3CCC3)o2)s1. The lowest BCUT2D eigenvalue weighted by Gasteiger charge is -2.20. The second kappa shape index (κ2) is 6.68. The summed E-state index contributed by atoms with van der Waals surface area (Å²) in [6.07, 6.45) is 3.31. The summed E-state index contributed by atoms with van der Waals surface area (Å²) in [5, 5.41) is 8.70. The van der Waals surface area contributed by atoms with Crippen LogP contribution in [0.1, 0.15) is 36.6 Å². The minimum absolute atomic E-state index is 0.185. The smallest absolute Gasteiger partial charge is 0.271 e. The first-order valence-corrected chi connectivity index (χ1v) is 10.8. The maximum absolute atomic E-state index is 12.7. The van der Waals surface area contributed by atoms with Crippen LogP contribution in [-0.4, -0.2) is 18.6 Å². The van der Waals surface area contributed by atoms with Gasteiger partial charge in [0.15, 0.2) is 0 Å². The van der Waals surface area contributed by atoms with Crippen molar-refractivity contribution in [1.29, 1.82) is 0 Å². The molecule has 26 heavy (non-hydrogen) atoms. The van der Waals surface area contributed by atoms with E-state index >= 15 is 0 Å². The van der Waals surface area contributed by atoms with Crippen LogP contribution in [0.4, 0.5) is 5.69 Å². The fraction of sp³-hybridized carbons (Fsp3) is 0.294. The Balaban J connectivity index is 1.57. The quantitative estimate of drug-likeness (QED) is 0.652. The molecule has 2 aromatic heterocycles. The minimum atomic E-state index is -3.70. The molecule has 1 N–H and O–H groups in total. The highest BCUT2D eigenvalue weighted by Crippen LogP contribution is 2.38. The zero-order valence-electron chi connectivity index (χ0n) is 13.9. The Morgan fingerprint density at radius 1 is 1.23 bits per heavy atom. The van der Waals surface area contributed by atoms with Gasteiger partial charge >= 0.3 is 0 Å². The molecule has 1 aliphatic rings. The van der Waals surface area contributed by atoms with Gasteiger partial charge in [0.1, 0.15) is 4.21 Å². The van der Waals surface area contributed by atoms with Crippen molar-refractivity contribution in [2.75, 3.05) is 4.72 Å². The second-order valence-electron chi connectivity index (χ2n) is 6.26. The summed E-state index contributed by atoms with van der Waals surface area (Å²) in [6.45, 7) is 1.80. The van der Waals surface area contributed by atoms with Crippen LogP contribution in [0, 0.1) is 6.92 Å². The van der Waals surface area contributed by atoms with Crippen LogP contribution < -0.4 is 4.72 Å². The van der Waals surface area contributed by atoms with E-state index in [0.29, 0.717) is 33.3 Å². The molecule has 0 amide bonds. The van der Waals surface area contributed by atoms with Crippen molar-refractivity contribution in [3.05, 3.63) is 46.8 Å². The number of aromatic nitrogens is 2. The van der Waals surface area contributed by atoms with Gasteiger partial charge in [-0.1, -0.05) is 18.0 Å². The summed E-state index contributed by atoms with van der Waals surface area (Å²) in [7, 11) is -3.70. The summed E-state index contributed by atoms with van der Waals surface area (Å²) in [4.78, 5) is 0.635. The number of anilines is 1. The van der Waals surface area contributed by atoms with Crippen LogP contribution in [0.15, 0.2) is 39.0 Å². The van der Waals surface area contributed by atoms with Gasteiger partial charge in [-0.05, 0) is 55.7 Å². The van der Waals surface area contributed by atoms with E-state index in [-0.39, 0.29) is 4.21 Å². The lowest BCUT2D eigenvalue weighted by Crippen LogP contribution is -2.12. The van der Waals surface area contributed by atoms with Crippen molar-refractivity contribution in [3.63, 3.8) is 0 Å². The molecule has 4 rings (SSSR count). The number of benzene rings is 1. The minimum Gasteiger partial charge on any atom is -0.420 e. The highest BCUT2D eigenvalue weighted by Gasteiger charge is 2.26. The van der Waals surface area contributed by atoms with E-state index in [2.05, 4.69) is 14.9 Å². The average Bonchev–Trinajstić information content (AvgIpc) is 3.17. The van der Waals surface area contributed by atoms with Crippen molar-refractivity contribution in [3.8, 4) is 10.8 Å². The number of hydrogen-bond donors (Lipinski definition) is 1. The molecule has 3 aromatic rings. The summed E-state index contributed by atoms with van der Waals surface area (Å²) in [6, 6.07) is 8.23. The number of thiophene rings is 1. The van der Waals surface area contributed by atoms with Gasteiger partial charge in [-0.2, -0.15) is 0 Å². The van der Waals surface area contributed by atoms with E-state index in [0.717, 1.165) is 29.7 Å². The maximum atomic E-state index is 12.7. The van der Waals surface area contributed by atoms with Crippen molar-refractivity contribution in [1.82, 2.24) is 10.2 Å². The van der Waals surface area contributed by atoms with Crippen LogP contribution in [0.25, 0.3) is 10.8 Å². The number of aryl methyl sites for hydroxylation is 1. The fourth-order valence-electron chi connectivity index (χ4n) is 2.67. The lowest BCUT2D eigenvalue weighted by atomic mass is 9.85. The zero-order valence-corrected chi connectivity index (χ0v) is 16.3. The van der Waals surface area contributed by atoms with Crippen LogP contribution in [-0.2, 0) is 10.0 Å². The van der Waals surface area contributed by atoms with Gasteiger partial charge in [-0.3, -0.25) is 4.72 Å². The monoisotopic (exact) mass is 409 g/mol. The molecule has 1 saturated carbocycles. The van der Waals surface area contributed by atoms with Crippen molar-refractivity contribution < 1.29 is 12.8 Å². The van der Waals surface area contributed by atoms with E-state index in [1.165, 1.54) is 6.42 Å². The topological polar surface area (TPSA) is 85.1 Å². The molecule has 0 aliphatic heterocycles. The third-order valence-electron chi connectivity index (χ3n) is 4.38. The van der Waals surface area contributed by atoms with E-state index < -0.39 is 10.0 Å². The van der Waals surface area contributed by atoms with Gasteiger partial charge in [0.05, 0.1) is 10.6 Å². The molecule has 2 heterocycles. The molecule has 136 valence electrons. The number of rotatable bonds is 5. The Bertz CT molecular complexity index is 1050. The second-order valence-corrected chi connectivity index (χ2v) is 9.69. The van der Waals surface area contributed by atoms with Crippen LogP contribution in [0.2, 0.25) is 5.02 Å². The molecule has 1 aliphatic carbocycles. The molecular weight excluding hydrogens is 394 g/mol. The largest absolute Gasteiger partial charge is 0.420 e. The van der Waals surface area contributed by atoms with Crippen LogP contribution in [0.5, 0.6) is 0 Å². The van der Waals surface area contributed by atoms with Crippen molar-refractivity contribution >= 4 is 38.6 Å². The lowest BCUT2D eigenvalue weighted by molar-refractivity contribution is 0.338. The number of halogens is 1. The van der Waals surface area contributed by atoms with E-state index in [1.54, 1.807) is 37.3 Å². The molecule has 0 unspecified atom stereocenters. The molecule has 0 bridgehead atoms. The third kappa shape index (κ3) is 3.36. The highest BCUT2D eigenvalue weighted by molar-refractivity contribution is 7.94. The average molecular weight is 410 g/mol. The fourth-order valence-corrected chi connectivity index (χ4v) is 5.26. The first kappa shape index (κ1) is 17.5. The molecule has 0 spiro atoms. The predicted octanol–water partition coefficient (Wildman–Crippen LogP) is 4.83. The Labute approximate surface area is 160 Å². The van der Waals surface area contributed by atoms with Crippen molar-refractivity contribution in [2.24, 2.45) is 0 Å². The zero-order chi connectivity index (χ0) is 18.3. The number of sulfonamides is 1. The Kier molecular flexibility index (Phi) is 4.50. The molecule has 9 heteroatoms. The number of hydrogen-bond acceptors (Lipinski definition) is 6. The molecule has 1 aromatic carbocycles. The first-order valence-electron chi connectivity index (χ1n) is 8.15. The van der Waals surface area contributed by atoms with Crippen LogP contribution >= 0.6 is 22.9 Å². The molecule has 1 fully saturated rings. The predicted molar refractivity (Wildman–Crippen MR) is 101 cm³/mol. The van der Waals surface area contributed by atoms with E-state index in [9.17, 15) is 8.42 Å². The third-order valence-corrected chi connectivity index (χ3v) is 7.55. The van der Waals surface area contributed by atoms with Crippen molar-refractivity contribution in [2.45, 2.75) is 36.3 Å². The Morgan fingerprint density at radius 2 is 2.04 bits per heavy atom. The molecule has 0 saturated heterocycles. The van der Waals surface area contributed by atoms with Crippen LogP contribution in [0.3, 0.4) is 0 Å². The summed E-state index contributed by atoms with van der Waals surface area (Å²) < 4.78 is 33.8.